The fourth-order valence-corrected chi connectivity index (χ4v) is 4.80. The summed E-state index contributed by atoms with van der Waals surface area (Å²) in [4.78, 5) is 29.2. The van der Waals surface area contributed by atoms with E-state index in [9.17, 15) is 9.59 Å². The molecule has 1 N–H and O–H groups in total. The van der Waals surface area contributed by atoms with E-state index in [0.29, 0.717) is 46.5 Å². The third-order valence-corrected chi connectivity index (χ3v) is 7.17. The van der Waals surface area contributed by atoms with Crippen LogP contribution in [0.1, 0.15) is 22.7 Å². The maximum absolute atomic E-state index is 13.9. The quantitative estimate of drug-likeness (QED) is 0.194. The molecule has 43 heavy (non-hydrogen) atoms. The summed E-state index contributed by atoms with van der Waals surface area (Å²) in [5, 5.41) is 3.42. The lowest BCUT2D eigenvalue weighted by molar-refractivity contribution is -0.143. The molecule has 0 heterocycles. The summed E-state index contributed by atoms with van der Waals surface area (Å²) < 4.78 is 21.8. The van der Waals surface area contributed by atoms with Gasteiger partial charge in [0.05, 0.1) is 26.4 Å². The Kier molecular flexibility index (Phi) is 11.3. The van der Waals surface area contributed by atoms with Crippen LogP contribution in [0.25, 0.3) is 0 Å². The van der Waals surface area contributed by atoms with Crippen molar-refractivity contribution < 1.29 is 28.5 Å². The van der Waals surface area contributed by atoms with Crippen molar-refractivity contribution in [2.45, 2.75) is 19.0 Å². The van der Waals surface area contributed by atoms with Gasteiger partial charge in [-0.15, -0.1) is 0 Å². The van der Waals surface area contributed by atoms with Gasteiger partial charge in [0.2, 0.25) is 5.91 Å². The maximum Gasteiger partial charge on any atom is 0.261 e. The highest BCUT2D eigenvalue weighted by Crippen LogP contribution is 2.29. The van der Waals surface area contributed by atoms with Gasteiger partial charge in [-0.1, -0.05) is 72.3 Å². The summed E-state index contributed by atoms with van der Waals surface area (Å²) in [6, 6.07) is 28.2. The van der Waals surface area contributed by atoms with Crippen molar-refractivity contribution in [3.63, 3.8) is 0 Å². The normalized spacial score (nSPS) is 11.3. The van der Waals surface area contributed by atoms with Gasteiger partial charge in [0.1, 0.15) is 17.5 Å². The van der Waals surface area contributed by atoms with E-state index in [1.54, 1.807) is 45.6 Å². The minimum Gasteiger partial charge on any atom is -0.497 e. The lowest BCUT2D eigenvalue weighted by atomic mass is 10.0. The molecule has 0 aliphatic carbocycles. The van der Waals surface area contributed by atoms with E-state index in [1.807, 2.05) is 72.8 Å². The third kappa shape index (κ3) is 8.42. The predicted octanol–water partition coefficient (Wildman–Crippen LogP) is 5.87. The predicted molar refractivity (Wildman–Crippen MR) is 166 cm³/mol. The van der Waals surface area contributed by atoms with E-state index < -0.39 is 6.04 Å². The SMILES string of the molecule is COc1ccc(CN(C(=O)COc2ccccc2Cl)C(C(=O)NCCc2ccc(OC)c(OC)c2)c2ccccc2)cc1. The fraction of sp³-hybridized carbons (Fsp3) is 0.235. The number of methoxy groups -OCH3 is 3. The van der Waals surface area contributed by atoms with E-state index in [-0.39, 0.29) is 25.0 Å². The number of hydrogen-bond donors (Lipinski definition) is 1. The molecule has 0 fully saturated rings. The van der Waals surface area contributed by atoms with Gasteiger partial charge in [-0.2, -0.15) is 0 Å². The number of rotatable bonds is 14. The fourth-order valence-electron chi connectivity index (χ4n) is 4.61. The average Bonchev–Trinajstić information content (AvgIpc) is 3.04. The monoisotopic (exact) mass is 602 g/mol. The number of benzene rings is 4. The highest BCUT2D eigenvalue weighted by atomic mass is 35.5. The van der Waals surface area contributed by atoms with Crippen molar-refractivity contribution in [1.29, 1.82) is 0 Å². The Balaban J connectivity index is 1.59. The molecule has 0 aliphatic heterocycles. The first kappa shape index (κ1) is 31.3. The summed E-state index contributed by atoms with van der Waals surface area (Å²) >= 11 is 6.26. The van der Waals surface area contributed by atoms with Crippen LogP contribution in [0.2, 0.25) is 5.02 Å². The van der Waals surface area contributed by atoms with Crippen LogP contribution in [-0.4, -0.2) is 51.2 Å². The van der Waals surface area contributed by atoms with Crippen LogP contribution in [0, 0.1) is 0 Å². The summed E-state index contributed by atoms with van der Waals surface area (Å²) in [6.07, 6.45) is 0.551. The lowest BCUT2D eigenvalue weighted by Gasteiger charge is -2.31. The highest BCUT2D eigenvalue weighted by Gasteiger charge is 2.32. The molecule has 8 nitrogen and oxygen atoms in total. The zero-order valence-corrected chi connectivity index (χ0v) is 25.2. The Bertz CT molecular complexity index is 1500. The van der Waals surface area contributed by atoms with Crippen LogP contribution >= 0.6 is 11.6 Å². The van der Waals surface area contributed by atoms with E-state index >= 15 is 0 Å². The number of para-hydroxylation sites is 1. The Hall–Kier alpha value is -4.69. The van der Waals surface area contributed by atoms with Crippen molar-refractivity contribution in [1.82, 2.24) is 10.2 Å². The third-order valence-electron chi connectivity index (χ3n) is 6.86. The molecule has 4 aromatic carbocycles. The second kappa shape index (κ2) is 15.5. The summed E-state index contributed by atoms with van der Waals surface area (Å²) in [5.74, 6) is 1.63. The van der Waals surface area contributed by atoms with Gasteiger partial charge in [-0.05, 0) is 59.5 Å². The van der Waals surface area contributed by atoms with Crippen LogP contribution in [0.3, 0.4) is 0 Å². The van der Waals surface area contributed by atoms with Gasteiger partial charge in [-0.3, -0.25) is 9.59 Å². The van der Waals surface area contributed by atoms with E-state index in [2.05, 4.69) is 5.32 Å². The average molecular weight is 603 g/mol. The molecule has 2 amide bonds. The summed E-state index contributed by atoms with van der Waals surface area (Å²) in [6.45, 7) is 0.206. The van der Waals surface area contributed by atoms with Gasteiger partial charge in [0.15, 0.2) is 18.1 Å². The molecule has 4 aromatic rings. The number of halogens is 1. The maximum atomic E-state index is 13.9. The molecule has 0 saturated heterocycles. The first-order valence-electron chi connectivity index (χ1n) is 13.8. The van der Waals surface area contributed by atoms with Crippen molar-refractivity contribution in [3.05, 3.63) is 119 Å². The molecular formula is C34H35ClN2O6. The molecule has 0 spiro atoms. The van der Waals surface area contributed by atoms with Crippen LogP contribution in [0.5, 0.6) is 23.0 Å². The standard InChI is InChI=1S/C34H35ClN2O6/c1-40-27-16-13-25(14-17-27)22-37(32(38)23-43-29-12-8-7-11-28(29)35)33(26-9-5-4-6-10-26)34(39)36-20-19-24-15-18-30(41-2)31(21-24)42-3/h4-18,21,33H,19-20,22-23H2,1-3H3,(H,36,39). The van der Waals surface area contributed by atoms with Crippen molar-refractivity contribution >= 4 is 23.4 Å². The molecule has 0 bridgehead atoms. The van der Waals surface area contributed by atoms with Gasteiger partial charge in [0.25, 0.3) is 5.91 Å². The molecular weight excluding hydrogens is 568 g/mol. The second-order valence-corrected chi connectivity index (χ2v) is 10.0. The lowest BCUT2D eigenvalue weighted by Crippen LogP contribution is -2.45. The number of carbonyl (C=O) groups excluding carboxylic acids is 2. The van der Waals surface area contributed by atoms with E-state index in [1.165, 1.54) is 4.90 Å². The van der Waals surface area contributed by atoms with Gasteiger partial charge in [-0.25, -0.2) is 0 Å². The summed E-state index contributed by atoms with van der Waals surface area (Å²) in [7, 11) is 4.76. The van der Waals surface area contributed by atoms with Crippen LogP contribution in [-0.2, 0) is 22.6 Å². The Labute approximate surface area is 257 Å². The topological polar surface area (TPSA) is 86.3 Å². The van der Waals surface area contributed by atoms with E-state index in [0.717, 1.165) is 11.1 Å². The Morgan fingerprint density at radius 1 is 0.767 bits per heavy atom. The molecule has 0 aliphatic rings. The zero-order chi connectivity index (χ0) is 30.6. The molecule has 0 aromatic heterocycles. The van der Waals surface area contributed by atoms with Crippen molar-refractivity contribution in [3.8, 4) is 23.0 Å². The van der Waals surface area contributed by atoms with E-state index in [4.69, 9.17) is 30.5 Å². The minimum atomic E-state index is -0.920. The molecule has 4 rings (SSSR count). The molecule has 224 valence electrons. The number of hydrogen-bond acceptors (Lipinski definition) is 6. The van der Waals surface area contributed by atoms with Crippen LogP contribution in [0.15, 0.2) is 97.1 Å². The smallest absolute Gasteiger partial charge is 0.261 e. The Morgan fingerprint density at radius 3 is 2.12 bits per heavy atom. The molecule has 1 atom stereocenters. The molecule has 1 unspecified atom stereocenters. The largest absolute Gasteiger partial charge is 0.497 e. The zero-order valence-electron chi connectivity index (χ0n) is 24.4. The van der Waals surface area contributed by atoms with Gasteiger partial charge < -0.3 is 29.2 Å². The number of carbonyl (C=O) groups is 2. The minimum absolute atomic E-state index is 0.164. The number of nitrogens with zero attached hydrogens (tertiary/aromatic N) is 1. The molecule has 9 heteroatoms. The van der Waals surface area contributed by atoms with Crippen LogP contribution in [0.4, 0.5) is 0 Å². The molecule has 0 radical (unpaired) electrons. The number of nitrogens with one attached hydrogen (secondary N) is 1. The van der Waals surface area contributed by atoms with Gasteiger partial charge in [0, 0.05) is 13.1 Å². The second-order valence-electron chi connectivity index (χ2n) is 9.63. The summed E-state index contributed by atoms with van der Waals surface area (Å²) in [5.41, 5.74) is 2.46. The van der Waals surface area contributed by atoms with Gasteiger partial charge >= 0.3 is 0 Å². The first-order valence-corrected chi connectivity index (χ1v) is 14.1. The Morgan fingerprint density at radius 2 is 1.44 bits per heavy atom. The molecule has 0 saturated carbocycles. The number of amides is 2. The first-order chi connectivity index (χ1) is 20.9. The van der Waals surface area contributed by atoms with Crippen LogP contribution < -0.4 is 24.3 Å². The number of ether oxygens (including phenoxy) is 4. The van der Waals surface area contributed by atoms with Crippen molar-refractivity contribution in [2.75, 3.05) is 34.5 Å². The highest BCUT2D eigenvalue weighted by molar-refractivity contribution is 6.32. The van der Waals surface area contributed by atoms with Crippen molar-refractivity contribution in [2.24, 2.45) is 0 Å².